The molecule has 0 radical (unpaired) electrons. The van der Waals surface area contributed by atoms with Gasteiger partial charge in [0.2, 0.25) is 0 Å². The van der Waals surface area contributed by atoms with Crippen LogP contribution >= 0.6 is 0 Å². The zero-order chi connectivity index (χ0) is 36.4. The summed E-state index contributed by atoms with van der Waals surface area (Å²) in [6.07, 6.45) is 52.9. The zero-order valence-corrected chi connectivity index (χ0v) is 32.6. The normalized spacial score (nSPS) is 12.8. The number of rotatable bonds is 37. The van der Waals surface area contributed by atoms with Crippen LogP contribution in [0.25, 0.3) is 0 Å². The van der Waals surface area contributed by atoms with Gasteiger partial charge in [-0.2, -0.15) is 0 Å². The molecule has 0 aliphatic carbocycles. The molecule has 0 aromatic carbocycles. The van der Waals surface area contributed by atoms with Crippen LogP contribution < -0.4 is 0 Å². The van der Waals surface area contributed by atoms with Gasteiger partial charge in [0.25, 0.3) is 0 Å². The first-order valence-electron chi connectivity index (χ1n) is 20.8. The third-order valence-electron chi connectivity index (χ3n) is 8.80. The van der Waals surface area contributed by atoms with E-state index < -0.39 is 6.10 Å². The summed E-state index contributed by atoms with van der Waals surface area (Å²) in [6.45, 7) is 3.98. The lowest BCUT2D eigenvalue weighted by Crippen LogP contribution is -2.28. The van der Waals surface area contributed by atoms with Crippen molar-refractivity contribution in [1.29, 1.82) is 0 Å². The largest absolute Gasteiger partial charge is 0.462 e. The first kappa shape index (κ1) is 47.6. The number of aliphatic hydroxyl groups excluding tert-OH is 1. The minimum absolute atomic E-state index is 0.0890. The van der Waals surface area contributed by atoms with Crippen molar-refractivity contribution in [1.82, 2.24) is 0 Å². The van der Waals surface area contributed by atoms with Crippen LogP contribution in [0.1, 0.15) is 194 Å². The van der Waals surface area contributed by atoms with Crippen molar-refractivity contribution in [3.63, 3.8) is 0 Å². The molecule has 0 saturated carbocycles. The molecule has 50 heavy (non-hydrogen) atoms. The van der Waals surface area contributed by atoms with Crippen LogP contribution in [-0.4, -0.2) is 36.4 Å². The monoisotopic (exact) mass is 699 g/mol. The van der Waals surface area contributed by atoms with E-state index in [-0.39, 0.29) is 25.2 Å². The topological polar surface area (TPSA) is 72.8 Å². The Balaban J connectivity index is 3.58. The minimum Gasteiger partial charge on any atom is -0.462 e. The minimum atomic E-state index is -0.790. The van der Waals surface area contributed by atoms with Crippen molar-refractivity contribution in [3.05, 3.63) is 60.8 Å². The number of aliphatic hydroxyl groups is 1. The maximum absolute atomic E-state index is 12.2. The predicted molar refractivity (Wildman–Crippen MR) is 214 cm³/mol. The molecule has 0 fully saturated rings. The molecule has 0 heterocycles. The van der Waals surface area contributed by atoms with Gasteiger partial charge in [-0.1, -0.05) is 164 Å². The van der Waals surface area contributed by atoms with E-state index >= 15 is 0 Å². The Kier molecular flexibility index (Phi) is 39.1. The van der Waals surface area contributed by atoms with Crippen molar-refractivity contribution >= 4 is 11.9 Å². The van der Waals surface area contributed by atoms with Crippen LogP contribution in [0.3, 0.4) is 0 Å². The van der Waals surface area contributed by atoms with Crippen molar-refractivity contribution in [2.45, 2.75) is 200 Å². The number of hydrogen-bond acceptors (Lipinski definition) is 5. The molecule has 5 heteroatoms. The summed E-state index contributed by atoms with van der Waals surface area (Å²) in [5.41, 5.74) is 0. The smallest absolute Gasteiger partial charge is 0.306 e. The molecule has 0 saturated heterocycles. The molecule has 0 aromatic rings. The molecule has 1 N–H and O–H groups in total. The molecule has 5 nitrogen and oxygen atoms in total. The summed E-state index contributed by atoms with van der Waals surface area (Å²) >= 11 is 0. The van der Waals surface area contributed by atoms with Gasteiger partial charge in [0.05, 0.1) is 6.61 Å². The van der Waals surface area contributed by atoms with Gasteiger partial charge in [-0.05, 0) is 77.0 Å². The van der Waals surface area contributed by atoms with Gasteiger partial charge >= 0.3 is 11.9 Å². The average molecular weight is 699 g/mol. The fraction of sp³-hybridized carbons (Fsp3) is 0.733. The van der Waals surface area contributed by atoms with Gasteiger partial charge in [0.15, 0.2) is 6.10 Å². The summed E-state index contributed by atoms with van der Waals surface area (Å²) in [6, 6.07) is 0. The van der Waals surface area contributed by atoms with Crippen LogP contribution in [0.5, 0.6) is 0 Å². The van der Waals surface area contributed by atoms with E-state index in [2.05, 4.69) is 74.6 Å². The van der Waals surface area contributed by atoms with Gasteiger partial charge < -0.3 is 14.6 Å². The van der Waals surface area contributed by atoms with Crippen LogP contribution in [0.15, 0.2) is 60.8 Å². The number of ether oxygens (including phenoxy) is 2. The molecule has 0 spiro atoms. The standard InChI is InChI=1S/C45H78O5/c1-3-5-7-9-11-13-15-17-19-20-21-22-23-24-26-28-30-32-34-36-38-40-45(48)50-43(41-46)42-49-44(47)39-37-35-33-31-29-27-25-18-16-14-12-10-8-6-4-2/h6,8,12,14,17-19,25,29,31,43,46H,3-5,7,9-11,13,15-16,20-24,26-28,30,32-42H2,1-2H3/b8-6+,14-12+,19-17+,25-18+,31-29+/t43-/m0/s1. The van der Waals surface area contributed by atoms with Gasteiger partial charge in [-0.15, -0.1) is 0 Å². The Bertz CT molecular complexity index is 884. The molecule has 0 amide bonds. The van der Waals surface area contributed by atoms with E-state index in [4.69, 9.17) is 9.47 Å². The first-order valence-corrected chi connectivity index (χ1v) is 20.8. The highest BCUT2D eigenvalue weighted by Crippen LogP contribution is 2.14. The summed E-state index contributed by atoms with van der Waals surface area (Å²) in [4.78, 5) is 24.3. The van der Waals surface area contributed by atoms with E-state index in [1.807, 2.05) is 0 Å². The predicted octanol–water partition coefficient (Wildman–Crippen LogP) is 13.2. The summed E-state index contributed by atoms with van der Waals surface area (Å²) in [5, 5.41) is 9.56. The number of unbranched alkanes of at least 4 members (excludes halogenated alkanes) is 19. The lowest BCUT2D eigenvalue weighted by molar-refractivity contribution is -0.161. The van der Waals surface area contributed by atoms with Crippen molar-refractivity contribution in [3.8, 4) is 0 Å². The highest BCUT2D eigenvalue weighted by atomic mass is 16.6. The third kappa shape index (κ3) is 38.4. The molecule has 288 valence electrons. The molecular formula is C45H78O5. The van der Waals surface area contributed by atoms with E-state index in [0.29, 0.717) is 12.8 Å². The van der Waals surface area contributed by atoms with Gasteiger partial charge in [-0.25, -0.2) is 0 Å². The second-order valence-corrected chi connectivity index (χ2v) is 13.7. The molecule has 0 unspecified atom stereocenters. The van der Waals surface area contributed by atoms with E-state index in [1.54, 1.807) is 0 Å². The molecule has 0 bridgehead atoms. The van der Waals surface area contributed by atoms with Crippen LogP contribution in [0.4, 0.5) is 0 Å². The number of carbonyl (C=O) groups is 2. The molecular weight excluding hydrogens is 620 g/mol. The third-order valence-corrected chi connectivity index (χ3v) is 8.80. The Morgan fingerprint density at radius 2 is 0.860 bits per heavy atom. The van der Waals surface area contributed by atoms with Crippen molar-refractivity contribution in [2.24, 2.45) is 0 Å². The maximum Gasteiger partial charge on any atom is 0.306 e. The van der Waals surface area contributed by atoms with Gasteiger partial charge in [-0.3, -0.25) is 9.59 Å². The van der Waals surface area contributed by atoms with Crippen LogP contribution in [0, 0.1) is 0 Å². The Labute approximate surface area is 309 Å². The highest BCUT2D eigenvalue weighted by molar-refractivity contribution is 5.70. The molecule has 0 aliphatic heterocycles. The molecule has 0 aliphatic rings. The lowest BCUT2D eigenvalue weighted by Gasteiger charge is -2.15. The Hall–Kier alpha value is -2.40. The fourth-order valence-electron chi connectivity index (χ4n) is 5.66. The quantitative estimate of drug-likeness (QED) is 0.0397. The van der Waals surface area contributed by atoms with E-state index in [9.17, 15) is 14.7 Å². The second kappa shape index (κ2) is 41.0. The number of allylic oxidation sites excluding steroid dienone is 10. The Morgan fingerprint density at radius 1 is 0.480 bits per heavy atom. The van der Waals surface area contributed by atoms with Crippen molar-refractivity contribution in [2.75, 3.05) is 13.2 Å². The summed E-state index contributed by atoms with van der Waals surface area (Å²) < 4.78 is 10.6. The van der Waals surface area contributed by atoms with E-state index in [0.717, 1.165) is 64.2 Å². The summed E-state index contributed by atoms with van der Waals surface area (Å²) in [5.74, 6) is -0.641. The lowest BCUT2D eigenvalue weighted by atomic mass is 10.0. The second-order valence-electron chi connectivity index (χ2n) is 13.7. The highest BCUT2D eigenvalue weighted by Gasteiger charge is 2.16. The SMILES string of the molecule is CC/C=C/C/C=C/C/C=C/C/C=C/CCCCC(=O)OC[C@H](CO)OC(=O)CCCCCCCCCCCCC/C=C/CCCCCCCC. The first-order chi connectivity index (χ1) is 24.6. The van der Waals surface area contributed by atoms with Gasteiger partial charge in [0.1, 0.15) is 6.61 Å². The maximum atomic E-state index is 12.2. The van der Waals surface area contributed by atoms with Crippen molar-refractivity contribution < 1.29 is 24.2 Å². The molecule has 1 atom stereocenters. The van der Waals surface area contributed by atoms with E-state index in [1.165, 1.54) is 103 Å². The van der Waals surface area contributed by atoms with Crippen LogP contribution in [-0.2, 0) is 19.1 Å². The number of hydrogen-bond donors (Lipinski definition) is 1. The average Bonchev–Trinajstić information content (AvgIpc) is 3.12. The zero-order valence-electron chi connectivity index (χ0n) is 32.6. The molecule has 0 rings (SSSR count). The summed E-state index contributed by atoms with van der Waals surface area (Å²) in [7, 11) is 0. The number of carbonyl (C=O) groups excluding carboxylic acids is 2. The Morgan fingerprint density at radius 3 is 1.36 bits per heavy atom. The van der Waals surface area contributed by atoms with Crippen LogP contribution in [0.2, 0.25) is 0 Å². The number of esters is 2. The fourth-order valence-corrected chi connectivity index (χ4v) is 5.66. The molecule has 0 aromatic heterocycles. The van der Waals surface area contributed by atoms with Gasteiger partial charge in [0, 0.05) is 12.8 Å².